The van der Waals surface area contributed by atoms with E-state index in [1.807, 2.05) is 18.9 Å². The Kier molecular flexibility index (Phi) is 5.10. The summed E-state index contributed by atoms with van der Waals surface area (Å²) in [5.74, 6) is 1.69. The van der Waals surface area contributed by atoms with E-state index in [9.17, 15) is 0 Å². The van der Waals surface area contributed by atoms with Crippen molar-refractivity contribution in [3.05, 3.63) is 5.82 Å². The van der Waals surface area contributed by atoms with Crippen LogP contribution in [-0.2, 0) is 0 Å². The van der Waals surface area contributed by atoms with Crippen molar-refractivity contribution < 1.29 is 0 Å². The van der Waals surface area contributed by atoms with Crippen molar-refractivity contribution in [3.63, 3.8) is 0 Å². The van der Waals surface area contributed by atoms with Gasteiger partial charge in [-0.15, -0.1) is 10.2 Å². The maximum Gasteiger partial charge on any atom is 0.224 e. The second-order valence-electron chi connectivity index (χ2n) is 3.71. The number of nitrogens with one attached hydrogen (secondary N) is 2. The number of hydrogen-bond acceptors (Lipinski definition) is 4. The van der Waals surface area contributed by atoms with Crippen molar-refractivity contribution in [1.29, 1.82) is 0 Å². The highest BCUT2D eigenvalue weighted by Crippen LogP contribution is 2.01. The SMILES string of the molecule is C1CCNC1.CCN(C)c1nnc(C)[nH]1. The number of anilines is 1. The highest BCUT2D eigenvalue weighted by atomic mass is 15.3. The molecule has 0 radical (unpaired) electrons. The topological polar surface area (TPSA) is 56.8 Å². The Bertz CT molecular complexity index is 259. The molecule has 0 aliphatic carbocycles. The molecule has 0 bridgehead atoms. The zero-order chi connectivity index (χ0) is 11.1. The zero-order valence-electron chi connectivity index (χ0n) is 9.88. The molecule has 86 valence electrons. The smallest absolute Gasteiger partial charge is 0.224 e. The quantitative estimate of drug-likeness (QED) is 0.764. The van der Waals surface area contributed by atoms with Gasteiger partial charge in [-0.3, -0.25) is 0 Å². The predicted octanol–water partition coefficient (Wildman–Crippen LogP) is 0.939. The summed E-state index contributed by atoms with van der Waals surface area (Å²) in [6, 6.07) is 0. The molecule has 0 atom stereocenters. The van der Waals surface area contributed by atoms with Gasteiger partial charge in [-0.2, -0.15) is 0 Å². The van der Waals surface area contributed by atoms with Gasteiger partial charge in [0, 0.05) is 13.6 Å². The molecular weight excluding hydrogens is 190 g/mol. The molecule has 0 unspecified atom stereocenters. The zero-order valence-corrected chi connectivity index (χ0v) is 9.88. The van der Waals surface area contributed by atoms with Crippen molar-refractivity contribution in [1.82, 2.24) is 20.5 Å². The summed E-state index contributed by atoms with van der Waals surface area (Å²) >= 11 is 0. The predicted molar refractivity (Wildman–Crippen MR) is 62.2 cm³/mol. The number of aryl methyl sites for hydroxylation is 1. The first-order valence-corrected chi connectivity index (χ1v) is 5.55. The number of aromatic amines is 1. The van der Waals surface area contributed by atoms with Crippen LogP contribution in [0, 0.1) is 6.92 Å². The monoisotopic (exact) mass is 211 g/mol. The fourth-order valence-electron chi connectivity index (χ4n) is 1.28. The third-order valence-electron chi connectivity index (χ3n) is 2.38. The van der Waals surface area contributed by atoms with E-state index in [4.69, 9.17) is 0 Å². The lowest BCUT2D eigenvalue weighted by atomic mass is 10.4. The lowest BCUT2D eigenvalue weighted by Crippen LogP contribution is -2.17. The standard InChI is InChI=1S/C6H12N4.C4H9N/c1-4-10(3)6-7-5(2)8-9-6;1-2-4-5-3-1/h4H2,1-3H3,(H,7,8,9);5H,1-4H2. The van der Waals surface area contributed by atoms with Gasteiger partial charge in [-0.25, -0.2) is 0 Å². The Morgan fingerprint density at radius 1 is 1.27 bits per heavy atom. The van der Waals surface area contributed by atoms with Gasteiger partial charge in [0.2, 0.25) is 5.95 Å². The average molecular weight is 211 g/mol. The van der Waals surface area contributed by atoms with Crippen LogP contribution >= 0.6 is 0 Å². The van der Waals surface area contributed by atoms with Gasteiger partial charge in [-0.05, 0) is 39.8 Å². The number of rotatable bonds is 2. The molecule has 1 aromatic rings. The molecule has 0 spiro atoms. The Morgan fingerprint density at radius 3 is 2.27 bits per heavy atom. The van der Waals surface area contributed by atoms with E-state index < -0.39 is 0 Å². The van der Waals surface area contributed by atoms with Crippen LogP contribution in [0.15, 0.2) is 0 Å². The van der Waals surface area contributed by atoms with E-state index in [1.54, 1.807) is 0 Å². The molecule has 2 rings (SSSR count). The van der Waals surface area contributed by atoms with Crippen LogP contribution in [0.5, 0.6) is 0 Å². The molecular formula is C10H21N5. The number of nitrogens with zero attached hydrogens (tertiary/aromatic N) is 3. The molecule has 1 aliphatic rings. The highest BCUT2D eigenvalue weighted by Gasteiger charge is 2.00. The molecule has 0 aromatic carbocycles. The summed E-state index contributed by atoms with van der Waals surface area (Å²) in [5.41, 5.74) is 0. The lowest BCUT2D eigenvalue weighted by Gasteiger charge is -2.10. The Balaban J connectivity index is 0.000000187. The summed E-state index contributed by atoms with van der Waals surface area (Å²) in [4.78, 5) is 5.03. The second kappa shape index (κ2) is 6.40. The first-order valence-electron chi connectivity index (χ1n) is 5.55. The molecule has 1 aliphatic heterocycles. The summed E-state index contributed by atoms with van der Waals surface area (Å²) in [6.07, 6.45) is 2.78. The first-order chi connectivity index (χ1) is 7.24. The van der Waals surface area contributed by atoms with E-state index in [0.717, 1.165) is 18.3 Å². The van der Waals surface area contributed by atoms with E-state index >= 15 is 0 Å². The molecule has 15 heavy (non-hydrogen) atoms. The Hall–Kier alpha value is -1.10. The Morgan fingerprint density at radius 2 is 1.93 bits per heavy atom. The van der Waals surface area contributed by atoms with Crippen molar-refractivity contribution in [3.8, 4) is 0 Å². The molecule has 2 heterocycles. The van der Waals surface area contributed by atoms with Crippen molar-refractivity contribution in [2.45, 2.75) is 26.7 Å². The van der Waals surface area contributed by atoms with Crippen LogP contribution in [0.1, 0.15) is 25.6 Å². The van der Waals surface area contributed by atoms with Gasteiger partial charge >= 0.3 is 0 Å². The average Bonchev–Trinajstić information content (AvgIpc) is 2.89. The van der Waals surface area contributed by atoms with E-state index in [-0.39, 0.29) is 0 Å². The number of hydrogen-bond donors (Lipinski definition) is 2. The third-order valence-corrected chi connectivity index (χ3v) is 2.38. The normalized spacial score (nSPS) is 14.6. The van der Waals surface area contributed by atoms with Crippen LogP contribution < -0.4 is 10.2 Å². The van der Waals surface area contributed by atoms with Crippen LogP contribution in [0.3, 0.4) is 0 Å². The minimum absolute atomic E-state index is 0.833. The van der Waals surface area contributed by atoms with Crippen LogP contribution in [-0.4, -0.2) is 41.9 Å². The van der Waals surface area contributed by atoms with E-state index in [0.29, 0.717) is 0 Å². The minimum atomic E-state index is 0.833. The van der Waals surface area contributed by atoms with Gasteiger partial charge in [-0.1, -0.05) is 0 Å². The maximum absolute atomic E-state index is 3.91. The molecule has 2 N–H and O–H groups in total. The molecule has 5 heteroatoms. The Labute approximate surface area is 91.3 Å². The number of H-pyrrole nitrogens is 1. The summed E-state index contributed by atoms with van der Waals surface area (Å²) in [5, 5.41) is 11.0. The van der Waals surface area contributed by atoms with Gasteiger partial charge in [0.15, 0.2) is 0 Å². The fourth-order valence-corrected chi connectivity index (χ4v) is 1.28. The molecule has 0 amide bonds. The van der Waals surface area contributed by atoms with Gasteiger partial charge in [0.05, 0.1) is 0 Å². The third kappa shape index (κ3) is 4.29. The number of aromatic nitrogens is 3. The first kappa shape index (κ1) is 12.0. The molecule has 1 aromatic heterocycles. The maximum atomic E-state index is 3.91. The highest BCUT2D eigenvalue weighted by molar-refractivity contribution is 5.25. The van der Waals surface area contributed by atoms with Crippen molar-refractivity contribution in [2.24, 2.45) is 0 Å². The van der Waals surface area contributed by atoms with E-state index in [1.165, 1.54) is 25.9 Å². The summed E-state index contributed by atoms with van der Waals surface area (Å²) in [6.45, 7) is 7.40. The lowest BCUT2D eigenvalue weighted by molar-refractivity contribution is 0.857. The van der Waals surface area contributed by atoms with Crippen LogP contribution in [0.4, 0.5) is 5.95 Å². The minimum Gasteiger partial charge on any atom is -0.344 e. The fraction of sp³-hybridized carbons (Fsp3) is 0.800. The van der Waals surface area contributed by atoms with Crippen LogP contribution in [0.25, 0.3) is 0 Å². The van der Waals surface area contributed by atoms with E-state index in [2.05, 4.69) is 27.4 Å². The van der Waals surface area contributed by atoms with Gasteiger partial charge in [0.25, 0.3) is 0 Å². The van der Waals surface area contributed by atoms with Gasteiger partial charge in [0.1, 0.15) is 5.82 Å². The molecule has 0 saturated carbocycles. The van der Waals surface area contributed by atoms with Crippen LogP contribution in [0.2, 0.25) is 0 Å². The summed E-state index contributed by atoms with van der Waals surface area (Å²) in [7, 11) is 1.97. The summed E-state index contributed by atoms with van der Waals surface area (Å²) < 4.78 is 0. The van der Waals surface area contributed by atoms with Crippen molar-refractivity contribution >= 4 is 5.95 Å². The largest absolute Gasteiger partial charge is 0.344 e. The second-order valence-corrected chi connectivity index (χ2v) is 3.71. The molecule has 1 saturated heterocycles. The molecule has 5 nitrogen and oxygen atoms in total. The van der Waals surface area contributed by atoms with Gasteiger partial charge < -0.3 is 15.2 Å². The van der Waals surface area contributed by atoms with Crippen molar-refractivity contribution in [2.75, 3.05) is 31.6 Å². The molecule has 1 fully saturated rings.